The molecule has 1 atom stereocenters. The van der Waals surface area contributed by atoms with Gasteiger partial charge in [0.25, 0.3) is 0 Å². The fourth-order valence-corrected chi connectivity index (χ4v) is 0.793. The predicted molar refractivity (Wildman–Crippen MR) is 63.6 cm³/mol. The van der Waals surface area contributed by atoms with Crippen LogP contribution in [0.15, 0.2) is 0 Å². The number of amides is 1. The summed E-state index contributed by atoms with van der Waals surface area (Å²) >= 11 is 0. The highest BCUT2D eigenvalue weighted by Crippen LogP contribution is 2.09. The summed E-state index contributed by atoms with van der Waals surface area (Å²) in [5.74, 6) is -0.970. The number of rotatable bonds is 4. The lowest BCUT2D eigenvalue weighted by Gasteiger charge is -2.21. The van der Waals surface area contributed by atoms with Gasteiger partial charge >= 0.3 is 5.97 Å². The van der Waals surface area contributed by atoms with E-state index in [1.54, 1.807) is 20.8 Å². The Morgan fingerprint density at radius 1 is 1.25 bits per heavy atom. The summed E-state index contributed by atoms with van der Waals surface area (Å²) in [6.07, 6.45) is 0.324. The number of carbonyl (C=O) groups is 2. The van der Waals surface area contributed by atoms with Gasteiger partial charge in [-0.05, 0) is 27.2 Å². The maximum absolute atomic E-state index is 11.3. The molecule has 0 spiro atoms. The van der Waals surface area contributed by atoms with E-state index >= 15 is 0 Å². The summed E-state index contributed by atoms with van der Waals surface area (Å²) in [6, 6.07) is -0.776. The van der Waals surface area contributed by atoms with Gasteiger partial charge in [-0.25, -0.2) is 0 Å². The van der Waals surface area contributed by atoms with Crippen molar-refractivity contribution < 1.29 is 14.3 Å². The minimum atomic E-state index is -0.776. The molecule has 4 N–H and O–H groups in total. The highest BCUT2D eigenvalue weighted by Gasteiger charge is 2.22. The summed E-state index contributed by atoms with van der Waals surface area (Å²) in [6.45, 7) is 9.27. The van der Waals surface area contributed by atoms with Gasteiger partial charge in [0.05, 0.1) is 0 Å². The Hall–Kier alpha value is -1.10. The standard InChI is InChI=1S/C9H18N2O3.C2H6/c1-9(2,3)14-8(13)6(10)4-5-7(11)12;1-2/h6H,4-5,10H2,1-3H3,(H2,11,12);1-2H3. The number of primary amides is 1. The first kappa shape index (κ1) is 17.3. The summed E-state index contributed by atoms with van der Waals surface area (Å²) in [5, 5.41) is 0. The van der Waals surface area contributed by atoms with Gasteiger partial charge in [-0.2, -0.15) is 0 Å². The molecular formula is C11H24N2O3. The van der Waals surface area contributed by atoms with Crippen LogP contribution in [0.3, 0.4) is 0 Å². The third-order valence-electron chi connectivity index (χ3n) is 1.41. The minimum absolute atomic E-state index is 0.0976. The van der Waals surface area contributed by atoms with Crippen molar-refractivity contribution in [2.75, 3.05) is 0 Å². The van der Waals surface area contributed by atoms with Gasteiger partial charge in [0.15, 0.2) is 0 Å². The first-order valence-electron chi connectivity index (χ1n) is 5.49. The van der Waals surface area contributed by atoms with Crippen LogP contribution in [0.4, 0.5) is 0 Å². The number of hydrogen-bond acceptors (Lipinski definition) is 4. The van der Waals surface area contributed by atoms with Gasteiger partial charge in [-0.15, -0.1) is 0 Å². The van der Waals surface area contributed by atoms with E-state index in [2.05, 4.69) is 0 Å². The van der Waals surface area contributed by atoms with Gasteiger partial charge in [0.2, 0.25) is 5.91 Å². The highest BCUT2D eigenvalue weighted by atomic mass is 16.6. The Balaban J connectivity index is 0. The zero-order valence-corrected chi connectivity index (χ0v) is 10.9. The number of carbonyl (C=O) groups excluding carboxylic acids is 2. The molecule has 16 heavy (non-hydrogen) atoms. The average molecular weight is 232 g/mol. The Labute approximate surface area is 97.5 Å². The van der Waals surface area contributed by atoms with Crippen molar-refractivity contribution in [2.45, 2.75) is 59.1 Å². The van der Waals surface area contributed by atoms with Crippen molar-refractivity contribution in [3.05, 3.63) is 0 Å². The second-order valence-electron chi connectivity index (χ2n) is 4.14. The third kappa shape index (κ3) is 11.0. The molecule has 0 aromatic carbocycles. The smallest absolute Gasteiger partial charge is 0.323 e. The van der Waals surface area contributed by atoms with Crippen LogP contribution in [-0.2, 0) is 14.3 Å². The molecule has 96 valence electrons. The molecule has 0 rings (SSSR count). The molecule has 0 aliphatic carbocycles. The zero-order chi connectivity index (χ0) is 13.4. The molecule has 0 fully saturated rings. The predicted octanol–water partition coefficient (Wildman–Crippen LogP) is 0.947. The number of nitrogens with two attached hydrogens (primary N) is 2. The maximum Gasteiger partial charge on any atom is 0.323 e. The van der Waals surface area contributed by atoms with E-state index in [0.29, 0.717) is 0 Å². The topological polar surface area (TPSA) is 95.4 Å². The van der Waals surface area contributed by atoms with Crippen LogP contribution in [-0.4, -0.2) is 23.5 Å². The first-order valence-corrected chi connectivity index (χ1v) is 5.49. The molecule has 0 aromatic heterocycles. The second-order valence-corrected chi connectivity index (χ2v) is 4.14. The highest BCUT2D eigenvalue weighted by molar-refractivity contribution is 5.78. The number of esters is 1. The Morgan fingerprint density at radius 3 is 2.00 bits per heavy atom. The molecule has 0 aromatic rings. The molecule has 0 heterocycles. The first-order chi connectivity index (χ1) is 7.22. The maximum atomic E-state index is 11.3. The van der Waals surface area contributed by atoms with Gasteiger partial charge < -0.3 is 16.2 Å². The lowest BCUT2D eigenvalue weighted by molar-refractivity contribution is -0.156. The lowest BCUT2D eigenvalue weighted by atomic mass is 10.1. The molecule has 0 saturated heterocycles. The summed E-state index contributed by atoms with van der Waals surface area (Å²) in [7, 11) is 0. The van der Waals surface area contributed by atoms with E-state index in [0.717, 1.165) is 0 Å². The van der Waals surface area contributed by atoms with E-state index in [-0.39, 0.29) is 12.8 Å². The largest absolute Gasteiger partial charge is 0.459 e. The van der Waals surface area contributed by atoms with E-state index in [4.69, 9.17) is 16.2 Å². The van der Waals surface area contributed by atoms with Crippen molar-refractivity contribution in [2.24, 2.45) is 11.5 Å². The Morgan fingerprint density at radius 2 is 1.69 bits per heavy atom. The SMILES string of the molecule is CC.CC(C)(C)OC(=O)C(N)CCC(N)=O. The normalized spacial score (nSPS) is 12.1. The van der Waals surface area contributed by atoms with Crippen LogP contribution in [0.5, 0.6) is 0 Å². The zero-order valence-electron chi connectivity index (χ0n) is 10.9. The molecule has 1 amide bonds. The van der Waals surface area contributed by atoms with E-state index in [9.17, 15) is 9.59 Å². The molecule has 0 radical (unpaired) electrons. The number of ether oxygens (including phenoxy) is 1. The third-order valence-corrected chi connectivity index (χ3v) is 1.41. The fraction of sp³-hybridized carbons (Fsp3) is 0.818. The molecule has 1 unspecified atom stereocenters. The summed E-state index contributed by atoms with van der Waals surface area (Å²) in [5.41, 5.74) is 9.86. The van der Waals surface area contributed by atoms with Gasteiger partial charge in [-0.3, -0.25) is 9.59 Å². The molecule has 5 nitrogen and oxygen atoms in total. The van der Waals surface area contributed by atoms with E-state index in [1.807, 2.05) is 13.8 Å². The molecule has 0 saturated carbocycles. The monoisotopic (exact) mass is 232 g/mol. The van der Waals surface area contributed by atoms with Crippen molar-refractivity contribution in [3.63, 3.8) is 0 Å². The summed E-state index contributed by atoms with van der Waals surface area (Å²) in [4.78, 5) is 21.7. The van der Waals surface area contributed by atoms with Crippen LogP contribution in [0.2, 0.25) is 0 Å². The van der Waals surface area contributed by atoms with E-state index in [1.165, 1.54) is 0 Å². The summed E-state index contributed by atoms with van der Waals surface area (Å²) < 4.78 is 5.02. The average Bonchev–Trinajstić information content (AvgIpc) is 2.14. The van der Waals surface area contributed by atoms with Crippen LogP contribution >= 0.6 is 0 Å². The van der Waals surface area contributed by atoms with Crippen molar-refractivity contribution >= 4 is 11.9 Å². The minimum Gasteiger partial charge on any atom is -0.459 e. The van der Waals surface area contributed by atoms with Crippen molar-refractivity contribution in [3.8, 4) is 0 Å². The quantitative estimate of drug-likeness (QED) is 0.705. The van der Waals surface area contributed by atoms with Crippen molar-refractivity contribution in [1.29, 1.82) is 0 Å². The van der Waals surface area contributed by atoms with E-state index < -0.39 is 23.5 Å². The van der Waals surface area contributed by atoms with Crippen LogP contribution in [0.1, 0.15) is 47.5 Å². The fourth-order valence-electron chi connectivity index (χ4n) is 0.793. The second kappa shape index (κ2) is 8.10. The van der Waals surface area contributed by atoms with Gasteiger partial charge in [-0.1, -0.05) is 13.8 Å². The molecular weight excluding hydrogens is 208 g/mol. The molecule has 5 heteroatoms. The molecule has 0 aliphatic rings. The Bertz CT molecular complexity index is 222. The Kier molecular flexibility index (Phi) is 8.76. The van der Waals surface area contributed by atoms with Gasteiger partial charge in [0.1, 0.15) is 11.6 Å². The van der Waals surface area contributed by atoms with Gasteiger partial charge in [0, 0.05) is 6.42 Å². The van der Waals surface area contributed by atoms with Crippen LogP contribution < -0.4 is 11.5 Å². The van der Waals surface area contributed by atoms with Crippen LogP contribution in [0, 0.1) is 0 Å². The molecule has 0 bridgehead atoms. The van der Waals surface area contributed by atoms with Crippen molar-refractivity contribution in [1.82, 2.24) is 0 Å². The molecule has 0 aliphatic heterocycles. The number of hydrogen-bond donors (Lipinski definition) is 2. The lowest BCUT2D eigenvalue weighted by Crippen LogP contribution is -2.38. The van der Waals surface area contributed by atoms with Crippen LogP contribution in [0.25, 0.3) is 0 Å².